The molecule has 0 bridgehead atoms. The summed E-state index contributed by atoms with van der Waals surface area (Å²) in [5.41, 5.74) is 0.489. The summed E-state index contributed by atoms with van der Waals surface area (Å²) in [5, 5.41) is 1.21. The molecule has 0 aliphatic carbocycles. The molecule has 0 saturated heterocycles. The molecule has 0 atom stereocenters. The zero-order chi connectivity index (χ0) is 22.2. The Kier molecular flexibility index (Phi) is 6.55. The molecule has 2 aromatic carbocycles. The van der Waals surface area contributed by atoms with Gasteiger partial charge in [0.1, 0.15) is 11.1 Å². The second-order valence-electron chi connectivity index (χ2n) is 7.77. The van der Waals surface area contributed by atoms with Crippen molar-refractivity contribution in [3.05, 3.63) is 58.4 Å². The summed E-state index contributed by atoms with van der Waals surface area (Å²) >= 11 is 1.37. The Morgan fingerprint density at radius 2 is 1.85 bits per heavy atom. The minimum absolute atomic E-state index is 0. The number of carbonyl (C=O) groups excluding carboxylic acids is 1. The van der Waals surface area contributed by atoms with E-state index in [0.29, 0.717) is 39.7 Å². The summed E-state index contributed by atoms with van der Waals surface area (Å²) in [7, 11) is 3.95. The predicted octanol–water partition coefficient (Wildman–Crippen LogP) is 4.15. The second-order valence-corrected chi connectivity index (χ2v) is 8.78. The summed E-state index contributed by atoms with van der Waals surface area (Å²) in [6.45, 7) is 1.39. The van der Waals surface area contributed by atoms with Crippen LogP contribution in [0.25, 0.3) is 21.2 Å². The van der Waals surface area contributed by atoms with Crippen LogP contribution in [0.3, 0.4) is 0 Å². The number of hydrogen-bond acceptors (Lipinski definition) is 8. The van der Waals surface area contributed by atoms with E-state index in [1.165, 1.54) is 11.3 Å². The molecule has 1 aliphatic rings. The van der Waals surface area contributed by atoms with Crippen molar-refractivity contribution in [3.63, 3.8) is 0 Å². The Balaban J connectivity index is 0.00000259. The molecule has 3 heterocycles. The van der Waals surface area contributed by atoms with Gasteiger partial charge in [-0.3, -0.25) is 9.69 Å². The number of fused-ring (bicyclic) bond motifs is 3. The molecule has 8 nitrogen and oxygen atoms in total. The Bertz CT molecular complexity index is 1340. The molecule has 5 rings (SSSR count). The number of halogens is 1. The van der Waals surface area contributed by atoms with E-state index in [2.05, 4.69) is 4.98 Å². The summed E-state index contributed by atoms with van der Waals surface area (Å²) in [6, 6.07) is 12.4. The van der Waals surface area contributed by atoms with E-state index in [0.717, 1.165) is 17.7 Å². The van der Waals surface area contributed by atoms with Gasteiger partial charge in [-0.15, -0.1) is 12.4 Å². The minimum atomic E-state index is -0.659. The first-order chi connectivity index (χ1) is 15.5. The van der Waals surface area contributed by atoms with Gasteiger partial charge < -0.3 is 18.8 Å². The van der Waals surface area contributed by atoms with Crippen LogP contribution >= 0.6 is 23.7 Å². The van der Waals surface area contributed by atoms with E-state index in [4.69, 9.17) is 13.9 Å². The van der Waals surface area contributed by atoms with Crippen LogP contribution in [-0.2, 0) is 0 Å². The molecule has 0 radical (unpaired) electrons. The number of carbonyl (C=O) groups is 1. The molecule has 2 aromatic heterocycles. The number of rotatable bonds is 6. The Morgan fingerprint density at radius 1 is 1.09 bits per heavy atom. The normalized spacial score (nSPS) is 12.3. The van der Waals surface area contributed by atoms with Gasteiger partial charge in [0.25, 0.3) is 5.91 Å². The molecule has 4 aromatic rings. The lowest BCUT2D eigenvalue weighted by Gasteiger charge is -2.20. The van der Waals surface area contributed by atoms with Crippen LogP contribution in [0.5, 0.6) is 11.5 Å². The molecule has 10 heteroatoms. The van der Waals surface area contributed by atoms with Gasteiger partial charge in [0, 0.05) is 24.1 Å². The predicted molar refractivity (Wildman–Crippen MR) is 130 cm³/mol. The fourth-order valence-corrected chi connectivity index (χ4v) is 4.61. The number of benzene rings is 2. The van der Waals surface area contributed by atoms with Gasteiger partial charge in [-0.05, 0) is 39.2 Å². The van der Waals surface area contributed by atoms with Crippen LogP contribution < -0.4 is 20.0 Å². The zero-order valence-electron chi connectivity index (χ0n) is 18.1. The maximum Gasteiger partial charge on any atom is 0.349 e. The van der Waals surface area contributed by atoms with Crippen LogP contribution in [-0.4, -0.2) is 49.8 Å². The highest BCUT2D eigenvalue weighted by Gasteiger charge is 2.26. The molecule has 0 spiro atoms. The molecule has 0 saturated carbocycles. The lowest BCUT2D eigenvalue weighted by molar-refractivity contribution is 0.0982. The second kappa shape index (κ2) is 9.38. The number of thiazole rings is 1. The van der Waals surface area contributed by atoms with E-state index in [9.17, 15) is 9.59 Å². The summed E-state index contributed by atoms with van der Waals surface area (Å²) in [4.78, 5) is 34.4. The number of hydrogen-bond donors (Lipinski definition) is 0. The minimum Gasteiger partial charge on any atom is -0.454 e. The largest absolute Gasteiger partial charge is 0.454 e. The molecule has 0 unspecified atom stereocenters. The van der Waals surface area contributed by atoms with Gasteiger partial charge in [-0.1, -0.05) is 29.5 Å². The Morgan fingerprint density at radius 3 is 2.64 bits per heavy atom. The van der Waals surface area contributed by atoms with Gasteiger partial charge in [0.15, 0.2) is 16.6 Å². The summed E-state index contributed by atoms with van der Waals surface area (Å²) < 4.78 is 17.2. The van der Waals surface area contributed by atoms with Crippen LogP contribution in [0.2, 0.25) is 0 Å². The quantitative estimate of drug-likeness (QED) is 0.377. The molecule has 1 aliphatic heterocycles. The average Bonchev–Trinajstić information content (AvgIpc) is 3.39. The fraction of sp³-hybridized carbons (Fsp3) is 0.261. The standard InChI is InChI=1S/C23H21N3O5S.ClH/c1-25(2)8-5-9-26(21(27)15-10-14-6-3-4-7-17(14)31-22(15)28)23-24-16-11-18-19(30-13-29-18)12-20(16)32-23;/h3-4,6-7,10-12H,5,8-9,13H2,1-2H3;1H. The molecule has 1 amide bonds. The third-order valence-corrected chi connectivity index (χ3v) is 6.25. The number of aromatic nitrogens is 1. The molecular weight excluding hydrogens is 466 g/mol. The first-order valence-electron chi connectivity index (χ1n) is 10.2. The molecular formula is C23H22ClN3O5S. The number of para-hydroxylation sites is 1. The number of anilines is 1. The Hall–Kier alpha value is -3.14. The smallest absolute Gasteiger partial charge is 0.349 e. The van der Waals surface area contributed by atoms with Crippen molar-refractivity contribution < 1.29 is 18.7 Å². The van der Waals surface area contributed by atoms with E-state index in [-0.39, 0.29) is 24.8 Å². The monoisotopic (exact) mass is 487 g/mol. The van der Waals surface area contributed by atoms with Crippen molar-refractivity contribution in [1.29, 1.82) is 0 Å². The summed E-state index contributed by atoms with van der Waals surface area (Å²) in [6.07, 6.45) is 0.719. The first kappa shape index (κ1) is 23.0. The first-order valence-corrected chi connectivity index (χ1v) is 11.0. The van der Waals surface area contributed by atoms with Crippen LogP contribution in [0, 0.1) is 0 Å². The van der Waals surface area contributed by atoms with Crippen molar-refractivity contribution in [2.75, 3.05) is 38.9 Å². The van der Waals surface area contributed by atoms with Crippen molar-refractivity contribution >= 4 is 56.0 Å². The zero-order valence-corrected chi connectivity index (χ0v) is 19.7. The number of ether oxygens (including phenoxy) is 2. The molecule has 33 heavy (non-hydrogen) atoms. The van der Waals surface area contributed by atoms with Crippen molar-refractivity contribution in [1.82, 2.24) is 9.88 Å². The summed E-state index contributed by atoms with van der Waals surface area (Å²) in [5.74, 6) is 0.866. The highest BCUT2D eigenvalue weighted by Crippen LogP contribution is 2.40. The number of nitrogens with zero attached hydrogens (tertiary/aromatic N) is 3. The van der Waals surface area contributed by atoms with Crippen molar-refractivity contribution in [2.45, 2.75) is 6.42 Å². The van der Waals surface area contributed by atoms with Crippen molar-refractivity contribution in [2.24, 2.45) is 0 Å². The molecule has 0 N–H and O–H groups in total. The maximum absolute atomic E-state index is 13.5. The van der Waals surface area contributed by atoms with Crippen LogP contribution in [0.15, 0.2) is 51.7 Å². The molecule has 172 valence electrons. The SMILES string of the molecule is CN(C)CCCN(C(=O)c1cc2ccccc2oc1=O)c1nc2cc3c(cc2s1)OCO3.Cl. The highest BCUT2D eigenvalue weighted by molar-refractivity contribution is 7.22. The fourth-order valence-electron chi connectivity index (χ4n) is 3.61. The van der Waals surface area contributed by atoms with Crippen molar-refractivity contribution in [3.8, 4) is 11.5 Å². The molecule has 0 fully saturated rings. The van der Waals surface area contributed by atoms with Crippen LogP contribution in [0.4, 0.5) is 5.13 Å². The van der Waals surface area contributed by atoms with E-state index >= 15 is 0 Å². The van der Waals surface area contributed by atoms with Gasteiger partial charge in [-0.25, -0.2) is 9.78 Å². The van der Waals surface area contributed by atoms with Gasteiger partial charge in [0.2, 0.25) is 6.79 Å². The lowest BCUT2D eigenvalue weighted by atomic mass is 10.1. The van der Waals surface area contributed by atoms with Crippen LogP contribution in [0.1, 0.15) is 16.8 Å². The topological polar surface area (TPSA) is 85.1 Å². The third kappa shape index (κ3) is 4.52. The van der Waals surface area contributed by atoms with Gasteiger partial charge in [0.05, 0.1) is 10.2 Å². The third-order valence-electron chi connectivity index (χ3n) is 5.21. The van der Waals surface area contributed by atoms with E-state index in [1.54, 1.807) is 23.1 Å². The average molecular weight is 488 g/mol. The highest BCUT2D eigenvalue weighted by atomic mass is 35.5. The van der Waals surface area contributed by atoms with E-state index < -0.39 is 11.5 Å². The van der Waals surface area contributed by atoms with Gasteiger partial charge in [-0.2, -0.15) is 0 Å². The van der Waals surface area contributed by atoms with E-state index in [1.807, 2.05) is 43.3 Å². The lowest BCUT2D eigenvalue weighted by Crippen LogP contribution is -2.36. The number of amides is 1. The van der Waals surface area contributed by atoms with Gasteiger partial charge >= 0.3 is 5.63 Å². The Labute approximate surface area is 199 Å². The maximum atomic E-state index is 13.5.